The van der Waals surface area contributed by atoms with Crippen LogP contribution in [0.15, 0.2) is 0 Å². The van der Waals surface area contributed by atoms with Gasteiger partial charge in [-0.1, -0.05) is 12.8 Å². The number of ether oxygens (including phenoxy) is 6. The molecule has 2 saturated carbocycles. The van der Waals surface area contributed by atoms with Crippen molar-refractivity contribution in [2.75, 3.05) is 6.61 Å². The third kappa shape index (κ3) is 3.31. The zero-order valence-corrected chi connectivity index (χ0v) is 16.0. The molecule has 27 heavy (non-hydrogen) atoms. The van der Waals surface area contributed by atoms with Crippen LogP contribution in [-0.2, 0) is 33.2 Å². The quantitative estimate of drug-likeness (QED) is 0.680. The number of hydrogen-bond acceptors (Lipinski definition) is 7. The molecule has 152 valence electrons. The molecule has 0 radical (unpaired) electrons. The molecule has 0 unspecified atom stereocenters. The highest BCUT2D eigenvalue weighted by atomic mass is 16.9. The van der Waals surface area contributed by atoms with Gasteiger partial charge in [0.05, 0.1) is 6.61 Å². The summed E-state index contributed by atoms with van der Waals surface area (Å²) in [6, 6.07) is 0. The Kier molecular flexibility index (Phi) is 4.71. The van der Waals surface area contributed by atoms with E-state index in [1.54, 1.807) is 0 Å². The molecule has 3 heterocycles. The first-order valence-electron chi connectivity index (χ1n) is 10.6. The summed E-state index contributed by atoms with van der Waals surface area (Å²) in [5.74, 6) is -1.40. The fourth-order valence-electron chi connectivity index (χ4n) is 5.40. The molecule has 0 N–H and O–H groups in total. The van der Waals surface area contributed by atoms with Gasteiger partial charge in [-0.25, -0.2) is 0 Å². The second-order valence-corrected chi connectivity index (χ2v) is 8.65. The zero-order chi connectivity index (χ0) is 18.5. The van der Waals surface area contributed by atoms with Crippen LogP contribution in [0.3, 0.4) is 0 Å². The first-order chi connectivity index (χ1) is 13.1. The van der Waals surface area contributed by atoms with Crippen LogP contribution in [0.1, 0.15) is 71.1 Å². The van der Waals surface area contributed by atoms with E-state index in [-0.39, 0.29) is 12.1 Å². The lowest BCUT2D eigenvalue weighted by Crippen LogP contribution is -2.46. The average Bonchev–Trinajstić information content (AvgIpc) is 3.29. The first kappa shape index (κ1) is 18.3. The number of carbonyl (C=O) groups excluding carboxylic acids is 1. The van der Waals surface area contributed by atoms with Gasteiger partial charge in [-0.05, 0) is 25.7 Å². The van der Waals surface area contributed by atoms with Gasteiger partial charge in [-0.15, -0.1) is 0 Å². The Bertz CT molecular complexity index is 567. The third-order valence-corrected chi connectivity index (χ3v) is 6.66. The minimum Gasteiger partial charge on any atom is -0.457 e. The van der Waals surface area contributed by atoms with Crippen LogP contribution < -0.4 is 0 Å². The molecular weight excluding hydrogens is 352 g/mol. The minimum atomic E-state index is -0.575. The summed E-state index contributed by atoms with van der Waals surface area (Å²) < 4.78 is 36.8. The summed E-state index contributed by atoms with van der Waals surface area (Å²) in [6.45, 7) is 1.87. The summed E-state index contributed by atoms with van der Waals surface area (Å²) in [7, 11) is 0. The van der Waals surface area contributed by atoms with Crippen molar-refractivity contribution in [1.82, 2.24) is 0 Å². The predicted octanol–water partition coefficient (Wildman–Crippen LogP) is 2.79. The topological polar surface area (TPSA) is 72.5 Å². The van der Waals surface area contributed by atoms with Crippen LogP contribution in [0.25, 0.3) is 0 Å². The summed E-state index contributed by atoms with van der Waals surface area (Å²) in [4.78, 5) is 11.8. The second-order valence-electron chi connectivity index (χ2n) is 8.65. The Morgan fingerprint density at radius 2 is 1.52 bits per heavy atom. The van der Waals surface area contributed by atoms with Gasteiger partial charge < -0.3 is 28.4 Å². The van der Waals surface area contributed by atoms with Crippen LogP contribution in [0.2, 0.25) is 0 Å². The van der Waals surface area contributed by atoms with E-state index >= 15 is 0 Å². The molecule has 3 saturated heterocycles. The lowest BCUT2D eigenvalue weighted by atomic mass is 9.94. The highest BCUT2D eigenvalue weighted by Crippen LogP contribution is 2.48. The van der Waals surface area contributed by atoms with Crippen molar-refractivity contribution in [2.24, 2.45) is 0 Å². The standard InChI is InChI=1S/C20H30O7/c1-13(21)23-16-15(14-12-22-19(25-14)8-4-2-5-9-19)24-18-17(16)26-20(27-18)10-6-3-7-11-20/h14-18H,2-12H2,1H3/t14-,15-,16-,17+,18+/m0/s1. The highest BCUT2D eigenvalue weighted by Gasteiger charge is 2.62. The van der Waals surface area contributed by atoms with E-state index < -0.39 is 36.2 Å². The van der Waals surface area contributed by atoms with E-state index in [0.717, 1.165) is 51.4 Å². The van der Waals surface area contributed by atoms with Crippen molar-refractivity contribution in [3.63, 3.8) is 0 Å². The highest BCUT2D eigenvalue weighted by molar-refractivity contribution is 5.66. The largest absolute Gasteiger partial charge is 0.457 e. The van der Waals surface area contributed by atoms with E-state index in [0.29, 0.717) is 6.61 Å². The van der Waals surface area contributed by atoms with Crippen LogP contribution >= 0.6 is 0 Å². The minimum absolute atomic E-state index is 0.271. The third-order valence-electron chi connectivity index (χ3n) is 6.66. The summed E-state index contributed by atoms with van der Waals surface area (Å²) in [5.41, 5.74) is 0. The fourth-order valence-corrected chi connectivity index (χ4v) is 5.40. The van der Waals surface area contributed by atoms with Gasteiger partial charge in [-0.2, -0.15) is 0 Å². The molecular formula is C20H30O7. The van der Waals surface area contributed by atoms with Crippen LogP contribution in [0, 0.1) is 0 Å². The summed E-state index contributed by atoms with van der Waals surface area (Å²) >= 11 is 0. The Morgan fingerprint density at radius 1 is 0.852 bits per heavy atom. The predicted molar refractivity (Wildman–Crippen MR) is 92.6 cm³/mol. The van der Waals surface area contributed by atoms with E-state index in [9.17, 15) is 4.79 Å². The zero-order valence-electron chi connectivity index (χ0n) is 16.0. The molecule has 0 aromatic carbocycles. The van der Waals surface area contributed by atoms with Crippen LogP contribution in [-0.4, -0.2) is 54.9 Å². The number of esters is 1. The number of rotatable bonds is 2. The number of carbonyl (C=O) groups is 1. The molecule has 5 fully saturated rings. The average molecular weight is 382 g/mol. The van der Waals surface area contributed by atoms with Gasteiger partial charge in [-0.3, -0.25) is 4.79 Å². The van der Waals surface area contributed by atoms with E-state index in [1.165, 1.54) is 19.8 Å². The summed E-state index contributed by atoms with van der Waals surface area (Å²) in [6.07, 6.45) is 8.27. The monoisotopic (exact) mass is 382 g/mol. The van der Waals surface area contributed by atoms with Crippen molar-refractivity contribution in [1.29, 1.82) is 0 Å². The molecule has 5 aliphatic rings. The molecule has 0 aromatic rings. The van der Waals surface area contributed by atoms with E-state index in [1.807, 2.05) is 0 Å². The smallest absolute Gasteiger partial charge is 0.303 e. The molecule has 7 heteroatoms. The van der Waals surface area contributed by atoms with Crippen molar-refractivity contribution >= 4 is 5.97 Å². The second kappa shape index (κ2) is 6.95. The molecule has 2 aliphatic carbocycles. The number of hydrogen-bond donors (Lipinski definition) is 0. The molecule has 0 amide bonds. The normalized spacial score (nSPS) is 42.5. The Labute approximate surface area is 159 Å². The Hall–Kier alpha value is -0.730. The maximum absolute atomic E-state index is 11.8. The molecule has 7 nitrogen and oxygen atoms in total. The van der Waals surface area contributed by atoms with Gasteiger partial charge in [0.2, 0.25) is 0 Å². The Morgan fingerprint density at radius 3 is 2.19 bits per heavy atom. The van der Waals surface area contributed by atoms with Crippen molar-refractivity contribution in [3.8, 4) is 0 Å². The molecule has 5 rings (SSSR count). The molecule has 5 atom stereocenters. The van der Waals surface area contributed by atoms with Gasteiger partial charge in [0.1, 0.15) is 12.2 Å². The summed E-state index contributed by atoms with van der Waals surface area (Å²) in [5, 5.41) is 0. The van der Waals surface area contributed by atoms with E-state index in [4.69, 9.17) is 28.4 Å². The lowest BCUT2D eigenvalue weighted by molar-refractivity contribution is -0.261. The van der Waals surface area contributed by atoms with Gasteiger partial charge in [0.15, 0.2) is 30.1 Å². The van der Waals surface area contributed by atoms with Crippen LogP contribution in [0.5, 0.6) is 0 Å². The molecule has 0 bridgehead atoms. The van der Waals surface area contributed by atoms with Gasteiger partial charge in [0.25, 0.3) is 0 Å². The SMILES string of the molecule is CC(=O)O[C@H]1[C@H]([C@@H]2COC3(CCCCC3)O2)O[C@@H]2OC3(CCCCC3)O[C@@H]21. The van der Waals surface area contributed by atoms with Gasteiger partial charge >= 0.3 is 5.97 Å². The number of fused-ring (bicyclic) bond motifs is 1. The van der Waals surface area contributed by atoms with Gasteiger partial charge in [0, 0.05) is 32.6 Å². The van der Waals surface area contributed by atoms with Crippen LogP contribution in [0.4, 0.5) is 0 Å². The maximum atomic E-state index is 11.8. The first-order valence-corrected chi connectivity index (χ1v) is 10.6. The maximum Gasteiger partial charge on any atom is 0.303 e. The molecule has 0 aromatic heterocycles. The van der Waals surface area contributed by atoms with Crippen molar-refractivity contribution in [2.45, 2.75) is 113 Å². The van der Waals surface area contributed by atoms with Crippen molar-refractivity contribution in [3.05, 3.63) is 0 Å². The van der Waals surface area contributed by atoms with Crippen molar-refractivity contribution < 1.29 is 33.2 Å². The molecule has 2 spiro atoms. The molecule has 3 aliphatic heterocycles. The van der Waals surface area contributed by atoms with E-state index in [2.05, 4.69) is 0 Å². The lowest BCUT2D eigenvalue weighted by Gasteiger charge is -2.35. The fraction of sp³-hybridized carbons (Fsp3) is 0.950. The Balaban J connectivity index is 1.31.